The van der Waals surface area contributed by atoms with E-state index < -0.39 is 5.97 Å². The second-order valence-electron chi connectivity index (χ2n) is 6.04. The second-order valence-corrected chi connectivity index (χ2v) is 6.88. The lowest BCUT2D eigenvalue weighted by Crippen LogP contribution is -2.32. The number of amides is 1. The first-order valence-electron chi connectivity index (χ1n) is 8.42. The van der Waals surface area contributed by atoms with Crippen molar-refractivity contribution >= 4 is 35.1 Å². The Bertz CT molecular complexity index is 774. The van der Waals surface area contributed by atoms with Gasteiger partial charge in [-0.1, -0.05) is 42.6 Å². The monoisotopic (exact) mass is 396 g/mol. The van der Waals surface area contributed by atoms with Crippen LogP contribution in [0.5, 0.6) is 0 Å². The molecule has 2 rings (SSSR count). The molecule has 140 valence electrons. The number of aryl methyl sites for hydroxylation is 1. The fourth-order valence-electron chi connectivity index (χ4n) is 2.71. The van der Waals surface area contributed by atoms with E-state index in [1.807, 2.05) is 6.07 Å². The number of hydrogen-bond acceptors (Lipinski definition) is 3. The zero-order valence-electron chi connectivity index (χ0n) is 14.8. The van der Waals surface area contributed by atoms with Crippen molar-refractivity contribution in [2.24, 2.45) is 7.05 Å². The van der Waals surface area contributed by atoms with Crippen LogP contribution in [0.4, 0.5) is 0 Å². The number of nitrogens with zero attached hydrogens (tertiary/aromatic N) is 1. The Balaban J connectivity index is 1.89. The molecule has 1 N–H and O–H groups in total. The maximum atomic E-state index is 12.0. The molecule has 2 aromatic rings. The number of hydrogen-bond donors (Lipinski definition) is 1. The second kappa shape index (κ2) is 9.64. The van der Waals surface area contributed by atoms with Gasteiger partial charge in [0.05, 0.1) is 0 Å². The van der Waals surface area contributed by atoms with Crippen molar-refractivity contribution in [3.63, 3.8) is 0 Å². The van der Waals surface area contributed by atoms with Crippen LogP contribution in [0.2, 0.25) is 10.0 Å². The predicted molar refractivity (Wildman–Crippen MR) is 103 cm³/mol. The minimum atomic E-state index is -0.529. The summed E-state index contributed by atoms with van der Waals surface area (Å²) in [7, 11) is 1.74. The van der Waals surface area contributed by atoms with Crippen LogP contribution in [-0.4, -0.2) is 29.6 Å². The number of aromatic nitrogens is 1. The topological polar surface area (TPSA) is 60.3 Å². The Kier molecular flexibility index (Phi) is 7.54. The molecule has 1 amide bonds. The first-order chi connectivity index (χ1) is 12.4. The van der Waals surface area contributed by atoms with Gasteiger partial charge in [0.2, 0.25) is 0 Å². The van der Waals surface area contributed by atoms with Gasteiger partial charge in [-0.15, -0.1) is 0 Å². The summed E-state index contributed by atoms with van der Waals surface area (Å²) >= 11 is 12.2. The van der Waals surface area contributed by atoms with E-state index in [4.69, 9.17) is 27.9 Å². The maximum absolute atomic E-state index is 12.0. The average molecular weight is 397 g/mol. The van der Waals surface area contributed by atoms with Crippen molar-refractivity contribution in [2.75, 3.05) is 13.2 Å². The van der Waals surface area contributed by atoms with Crippen molar-refractivity contribution in [1.82, 2.24) is 9.88 Å². The Morgan fingerprint density at radius 2 is 2.04 bits per heavy atom. The molecule has 0 saturated heterocycles. The molecule has 0 aliphatic carbocycles. The SMILES string of the molecule is CCC[C@H](CNC(=O)COC(=O)c1cccn1C)c1ccc(Cl)cc1Cl. The smallest absolute Gasteiger partial charge is 0.355 e. The first kappa shape index (κ1) is 20.3. The van der Waals surface area contributed by atoms with Gasteiger partial charge in [-0.2, -0.15) is 0 Å². The third-order valence-corrected chi connectivity index (χ3v) is 4.63. The van der Waals surface area contributed by atoms with Crippen LogP contribution >= 0.6 is 23.2 Å². The third-order valence-electron chi connectivity index (χ3n) is 4.07. The van der Waals surface area contributed by atoms with Gasteiger partial charge in [0.15, 0.2) is 6.61 Å². The Labute approximate surface area is 163 Å². The molecule has 0 spiro atoms. The summed E-state index contributed by atoms with van der Waals surface area (Å²) < 4.78 is 6.69. The molecular formula is C19H22Cl2N2O3. The number of esters is 1. The Morgan fingerprint density at radius 3 is 2.65 bits per heavy atom. The van der Waals surface area contributed by atoms with E-state index in [-0.39, 0.29) is 18.4 Å². The van der Waals surface area contributed by atoms with E-state index >= 15 is 0 Å². The van der Waals surface area contributed by atoms with Gasteiger partial charge < -0.3 is 14.6 Å². The van der Waals surface area contributed by atoms with Gasteiger partial charge in [0.1, 0.15) is 5.69 Å². The third kappa shape index (κ3) is 5.51. The molecule has 0 unspecified atom stereocenters. The van der Waals surface area contributed by atoms with Crippen molar-refractivity contribution in [1.29, 1.82) is 0 Å². The van der Waals surface area contributed by atoms with Crippen LogP contribution in [0.15, 0.2) is 36.5 Å². The first-order valence-corrected chi connectivity index (χ1v) is 9.18. The molecule has 0 fully saturated rings. The summed E-state index contributed by atoms with van der Waals surface area (Å²) in [5, 5.41) is 3.97. The lowest BCUT2D eigenvalue weighted by molar-refractivity contribution is -0.124. The fourth-order valence-corrected chi connectivity index (χ4v) is 3.28. The van der Waals surface area contributed by atoms with Gasteiger partial charge in [-0.05, 0) is 36.2 Å². The van der Waals surface area contributed by atoms with E-state index in [1.165, 1.54) is 0 Å². The molecule has 7 heteroatoms. The Hall–Kier alpha value is -1.98. The van der Waals surface area contributed by atoms with E-state index in [1.54, 1.807) is 42.1 Å². The predicted octanol–water partition coefficient (Wildman–Crippen LogP) is 4.19. The molecule has 1 aromatic heterocycles. The zero-order chi connectivity index (χ0) is 19.1. The van der Waals surface area contributed by atoms with Gasteiger partial charge in [-0.3, -0.25) is 4.79 Å². The number of ether oxygens (including phenoxy) is 1. The number of nitrogens with one attached hydrogen (secondary N) is 1. The molecule has 26 heavy (non-hydrogen) atoms. The molecule has 1 heterocycles. The van der Waals surface area contributed by atoms with Crippen LogP contribution in [0.1, 0.15) is 41.7 Å². The molecule has 1 atom stereocenters. The van der Waals surface area contributed by atoms with Gasteiger partial charge in [-0.25, -0.2) is 4.79 Å². The highest BCUT2D eigenvalue weighted by atomic mass is 35.5. The molecule has 0 bridgehead atoms. The molecule has 0 aliphatic rings. The van der Waals surface area contributed by atoms with Crippen LogP contribution < -0.4 is 5.32 Å². The van der Waals surface area contributed by atoms with Crippen LogP contribution in [0.25, 0.3) is 0 Å². The Morgan fingerprint density at radius 1 is 1.27 bits per heavy atom. The van der Waals surface area contributed by atoms with Gasteiger partial charge in [0.25, 0.3) is 5.91 Å². The number of rotatable bonds is 8. The molecule has 0 saturated carbocycles. The summed E-state index contributed by atoms with van der Waals surface area (Å²) in [6.45, 7) is 2.16. The number of halogens is 2. The van der Waals surface area contributed by atoms with Crippen molar-refractivity contribution in [3.05, 3.63) is 57.8 Å². The van der Waals surface area contributed by atoms with E-state index in [0.29, 0.717) is 22.3 Å². The average Bonchev–Trinajstić information content (AvgIpc) is 3.03. The number of carbonyl (C=O) groups excluding carboxylic acids is 2. The van der Waals surface area contributed by atoms with Crippen LogP contribution in [0, 0.1) is 0 Å². The van der Waals surface area contributed by atoms with Crippen LogP contribution in [-0.2, 0) is 16.6 Å². The molecule has 1 aromatic carbocycles. The van der Waals surface area contributed by atoms with E-state index in [0.717, 1.165) is 18.4 Å². The molecule has 0 aliphatic heterocycles. The largest absolute Gasteiger partial charge is 0.451 e. The molecular weight excluding hydrogens is 375 g/mol. The normalized spacial score (nSPS) is 11.8. The van der Waals surface area contributed by atoms with Crippen molar-refractivity contribution in [3.8, 4) is 0 Å². The highest BCUT2D eigenvalue weighted by molar-refractivity contribution is 6.35. The summed E-state index contributed by atoms with van der Waals surface area (Å²) in [5.41, 5.74) is 1.34. The zero-order valence-corrected chi connectivity index (χ0v) is 16.3. The summed E-state index contributed by atoms with van der Waals surface area (Å²) in [6.07, 6.45) is 3.55. The van der Waals surface area contributed by atoms with Crippen LogP contribution in [0.3, 0.4) is 0 Å². The van der Waals surface area contributed by atoms with E-state index in [2.05, 4.69) is 12.2 Å². The highest BCUT2D eigenvalue weighted by Crippen LogP contribution is 2.30. The number of carbonyl (C=O) groups is 2. The summed E-state index contributed by atoms with van der Waals surface area (Å²) in [6, 6.07) is 8.74. The van der Waals surface area contributed by atoms with Gasteiger partial charge >= 0.3 is 5.97 Å². The molecule has 5 nitrogen and oxygen atoms in total. The maximum Gasteiger partial charge on any atom is 0.355 e. The molecule has 0 radical (unpaired) electrons. The minimum Gasteiger partial charge on any atom is -0.451 e. The van der Waals surface area contributed by atoms with E-state index in [9.17, 15) is 9.59 Å². The van der Waals surface area contributed by atoms with Crippen molar-refractivity contribution in [2.45, 2.75) is 25.7 Å². The minimum absolute atomic E-state index is 0.0669. The standard InChI is InChI=1S/C19H22Cl2N2O3/c1-3-5-13(15-8-7-14(20)10-16(15)21)11-22-18(24)12-26-19(25)17-6-4-9-23(17)2/h4,6-10,13H,3,5,11-12H2,1-2H3,(H,22,24)/t13-/m1/s1. The summed E-state index contributed by atoms with van der Waals surface area (Å²) in [5.74, 6) is -0.811. The fraction of sp³-hybridized carbons (Fsp3) is 0.368. The van der Waals surface area contributed by atoms with Gasteiger partial charge in [0, 0.05) is 35.8 Å². The lowest BCUT2D eigenvalue weighted by Gasteiger charge is -2.19. The highest BCUT2D eigenvalue weighted by Gasteiger charge is 2.17. The number of benzene rings is 1. The van der Waals surface area contributed by atoms with Crippen molar-refractivity contribution < 1.29 is 14.3 Å². The quantitative estimate of drug-likeness (QED) is 0.680. The lowest BCUT2D eigenvalue weighted by atomic mass is 9.94. The summed E-state index contributed by atoms with van der Waals surface area (Å²) in [4.78, 5) is 23.9.